The molecule has 0 saturated heterocycles. The Kier molecular flexibility index (Phi) is 18.0. The third-order valence-corrected chi connectivity index (χ3v) is 5.45. The lowest BCUT2D eigenvalue weighted by Crippen LogP contribution is -2.33. The molecule has 35 heavy (non-hydrogen) atoms. The lowest BCUT2D eigenvalue weighted by atomic mass is 10.1. The monoisotopic (exact) mass is 493 g/mol. The minimum absolute atomic E-state index is 0.0883. The van der Waals surface area contributed by atoms with Gasteiger partial charge in [-0.2, -0.15) is 0 Å². The zero-order valence-electron chi connectivity index (χ0n) is 21.2. The van der Waals surface area contributed by atoms with E-state index in [1.165, 1.54) is 51.4 Å². The molecule has 1 atom stereocenters. The number of nitrogens with one attached hydrogen (secondary N) is 1. The Morgan fingerprint density at radius 3 is 1.91 bits per heavy atom. The van der Waals surface area contributed by atoms with Gasteiger partial charge >= 0.3 is 18.0 Å². The molecule has 1 aromatic carbocycles. The molecule has 0 spiro atoms. The summed E-state index contributed by atoms with van der Waals surface area (Å²) in [6, 6.07) is 9.14. The van der Waals surface area contributed by atoms with Crippen molar-refractivity contribution in [1.82, 2.24) is 5.32 Å². The summed E-state index contributed by atoms with van der Waals surface area (Å²) in [5, 5.41) is 12.1. The van der Waals surface area contributed by atoms with Crippen molar-refractivity contribution in [3.8, 4) is 0 Å². The van der Waals surface area contributed by atoms with Gasteiger partial charge in [-0.3, -0.25) is 9.59 Å². The van der Waals surface area contributed by atoms with Gasteiger partial charge in [-0.25, -0.2) is 4.79 Å². The van der Waals surface area contributed by atoms with Crippen LogP contribution in [-0.2, 0) is 30.4 Å². The SMILES string of the molecule is CCCCCCCCCCCCCC(=O)OCC(O)COC(=O)CNC(=O)OCc1ccccc1. The first-order chi connectivity index (χ1) is 17.0. The number of ether oxygens (including phenoxy) is 3. The predicted molar refractivity (Wildman–Crippen MR) is 134 cm³/mol. The Bertz CT molecular complexity index is 696. The maximum atomic E-state index is 11.8. The smallest absolute Gasteiger partial charge is 0.407 e. The van der Waals surface area contributed by atoms with Crippen LogP contribution in [0.4, 0.5) is 4.79 Å². The van der Waals surface area contributed by atoms with Gasteiger partial charge in [-0.15, -0.1) is 0 Å². The van der Waals surface area contributed by atoms with E-state index < -0.39 is 18.2 Å². The van der Waals surface area contributed by atoms with Crippen LogP contribution in [0.25, 0.3) is 0 Å². The summed E-state index contributed by atoms with van der Waals surface area (Å²) in [6.07, 6.45) is 11.7. The number of alkyl carbamates (subject to hydrolysis) is 1. The van der Waals surface area contributed by atoms with Crippen LogP contribution in [0.2, 0.25) is 0 Å². The topological polar surface area (TPSA) is 111 Å². The van der Waals surface area contributed by atoms with Crippen LogP contribution in [0, 0.1) is 0 Å². The number of unbranched alkanes of at least 4 members (excludes halogenated alkanes) is 10. The van der Waals surface area contributed by atoms with Crippen LogP contribution in [-0.4, -0.2) is 49.0 Å². The lowest BCUT2D eigenvalue weighted by molar-refractivity contribution is -0.151. The number of rotatable bonds is 20. The number of aliphatic hydroxyl groups excluding tert-OH is 1. The van der Waals surface area contributed by atoms with E-state index in [1.807, 2.05) is 30.3 Å². The Morgan fingerprint density at radius 2 is 1.31 bits per heavy atom. The van der Waals surface area contributed by atoms with E-state index in [0.29, 0.717) is 6.42 Å². The van der Waals surface area contributed by atoms with Crippen LogP contribution in [0.3, 0.4) is 0 Å². The molecule has 0 aliphatic heterocycles. The highest BCUT2D eigenvalue weighted by Gasteiger charge is 2.13. The molecular weight excluding hydrogens is 450 g/mol. The van der Waals surface area contributed by atoms with Crippen molar-refractivity contribution in [2.24, 2.45) is 0 Å². The molecule has 0 aromatic heterocycles. The van der Waals surface area contributed by atoms with E-state index in [2.05, 4.69) is 12.2 Å². The van der Waals surface area contributed by atoms with Gasteiger partial charge < -0.3 is 24.6 Å². The molecule has 0 fully saturated rings. The van der Waals surface area contributed by atoms with Gasteiger partial charge in [0.25, 0.3) is 0 Å². The summed E-state index contributed by atoms with van der Waals surface area (Å²) in [6.45, 7) is 1.36. The highest BCUT2D eigenvalue weighted by Crippen LogP contribution is 2.12. The van der Waals surface area contributed by atoms with E-state index in [-0.39, 0.29) is 32.3 Å². The second-order valence-corrected chi connectivity index (χ2v) is 8.72. The predicted octanol–water partition coefficient (Wildman–Crippen LogP) is 5.06. The van der Waals surface area contributed by atoms with Gasteiger partial charge in [-0.05, 0) is 12.0 Å². The lowest BCUT2D eigenvalue weighted by Gasteiger charge is -2.12. The fourth-order valence-electron chi connectivity index (χ4n) is 3.40. The van der Waals surface area contributed by atoms with Gasteiger partial charge in [-0.1, -0.05) is 101 Å². The van der Waals surface area contributed by atoms with Crippen LogP contribution >= 0.6 is 0 Å². The molecule has 0 radical (unpaired) electrons. The molecule has 8 heteroatoms. The number of carbonyl (C=O) groups is 3. The first-order valence-electron chi connectivity index (χ1n) is 12.9. The minimum Gasteiger partial charge on any atom is -0.463 e. The summed E-state index contributed by atoms with van der Waals surface area (Å²) >= 11 is 0. The average molecular weight is 494 g/mol. The molecule has 1 rings (SSSR count). The van der Waals surface area contributed by atoms with E-state index in [1.54, 1.807) is 0 Å². The molecule has 8 nitrogen and oxygen atoms in total. The van der Waals surface area contributed by atoms with Gasteiger partial charge in [0.2, 0.25) is 0 Å². The minimum atomic E-state index is -1.12. The average Bonchev–Trinajstić information content (AvgIpc) is 2.87. The maximum Gasteiger partial charge on any atom is 0.407 e. The summed E-state index contributed by atoms with van der Waals surface area (Å²) in [5.41, 5.74) is 0.825. The number of esters is 2. The number of benzene rings is 1. The number of amides is 1. The Labute approximate surface area is 209 Å². The summed E-state index contributed by atoms with van der Waals surface area (Å²) in [7, 11) is 0. The van der Waals surface area contributed by atoms with E-state index in [4.69, 9.17) is 14.2 Å². The van der Waals surface area contributed by atoms with Crippen LogP contribution in [0.15, 0.2) is 30.3 Å². The van der Waals surface area contributed by atoms with Crippen molar-refractivity contribution in [3.05, 3.63) is 35.9 Å². The van der Waals surface area contributed by atoms with Gasteiger partial charge in [0.1, 0.15) is 32.5 Å². The third kappa shape index (κ3) is 18.4. The highest BCUT2D eigenvalue weighted by atomic mass is 16.6. The normalized spacial score (nSPS) is 11.5. The standard InChI is InChI=1S/C27H43NO7/c1-2-3-4-5-6-7-8-9-10-11-15-18-25(30)33-21-24(29)22-34-26(31)19-28-27(32)35-20-23-16-13-12-14-17-23/h12-14,16-17,24,29H,2-11,15,18-22H2,1H3,(H,28,32). The summed E-state index contributed by atoms with van der Waals surface area (Å²) in [4.78, 5) is 35.1. The fraction of sp³-hybridized carbons (Fsp3) is 0.667. The molecule has 0 bridgehead atoms. The molecular formula is C27H43NO7. The number of carbonyl (C=O) groups excluding carboxylic acids is 3. The van der Waals surface area contributed by atoms with Crippen molar-refractivity contribution >= 4 is 18.0 Å². The zero-order valence-corrected chi connectivity index (χ0v) is 21.2. The largest absolute Gasteiger partial charge is 0.463 e. The molecule has 1 amide bonds. The van der Waals surface area contributed by atoms with Gasteiger partial charge in [0.05, 0.1) is 0 Å². The number of hydrogen-bond acceptors (Lipinski definition) is 7. The molecule has 1 aromatic rings. The van der Waals surface area contributed by atoms with Crippen molar-refractivity contribution in [3.63, 3.8) is 0 Å². The molecule has 0 saturated carbocycles. The van der Waals surface area contributed by atoms with E-state index >= 15 is 0 Å². The van der Waals surface area contributed by atoms with Gasteiger partial charge in [0, 0.05) is 6.42 Å². The van der Waals surface area contributed by atoms with Crippen LogP contribution < -0.4 is 5.32 Å². The molecule has 0 heterocycles. The maximum absolute atomic E-state index is 11.8. The van der Waals surface area contributed by atoms with Crippen molar-refractivity contribution < 1.29 is 33.7 Å². The van der Waals surface area contributed by atoms with Crippen LogP contribution in [0.5, 0.6) is 0 Å². The molecule has 2 N–H and O–H groups in total. The first-order valence-corrected chi connectivity index (χ1v) is 12.9. The molecule has 0 aliphatic carbocycles. The second-order valence-electron chi connectivity index (χ2n) is 8.72. The van der Waals surface area contributed by atoms with Crippen molar-refractivity contribution in [2.75, 3.05) is 19.8 Å². The number of hydrogen-bond donors (Lipinski definition) is 2. The van der Waals surface area contributed by atoms with Crippen molar-refractivity contribution in [2.45, 2.75) is 96.7 Å². The Morgan fingerprint density at radius 1 is 0.771 bits per heavy atom. The summed E-state index contributed by atoms with van der Waals surface area (Å²) in [5.74, 6) is -1.10. The van der Waals surface area contributed by atoms with E-state index in [9.17, 15) is 19.5 Å². The molecule has 198 valence electrons. The zero-order chi connectivity index (χ0) is 25.6. The molecule has 0 aliphatic rings. The van der Waals surface area contributed by atoms with Crippen LogP contribution in [0.1, 0.15) is 89.5 Å². The third-order valence-electron chi connectivity index (χ3n) is 5.45. The highest BCUT2D eigenvalue weighted by molar-refractivity contribution is 5.77. The van der Waals surface area contributed by atoms with Gasteiger partial charge in [0.15, 0.2) is 0 Å². The number of aliphatic hydroxyl groups is 1. The fourth-order valence-corrected chi connectivity index (χ4v) is 3.40. The summed E-state index contributed by atoms with van der Waals surface area (Å²) < 4.78 is 14.9. The van der Waals surface area contributed by atoms with E-state index in [0.717, 1.165) is 24.8 Å². The van der Waals surface area contributed by atoms with Crippen molar-refractivity contribution in [1.29, 1.82) is 0 Å². The first kappa shape index (κ1) is 30.4. The second kappa shape index (κ2) is 20.7. The Hall–Kier alpha value is -2.61. The Balaban J connectivity index is 1.94. The molecule has 1 unspecified atom stereocenters. The quantitative estimate of drug-likeness (QED) is 0.148.